The van der Waals surface area contributed by atoms with Crippen LogP contribution in [0.2, 0.25) is 5.28 Å². The molecule has 12 nitrogen and oxygen atoms in total. The van der Waals surface area contributed by atoms with Gasteiger partial charge in [0.2, 0.25) is 5.28 Å². The Morgan fingerprint density at radius 2 is 1.84 bits per heavy atom. The molecule has 0 amide bonds. The van der Waals surface area contributed by atoms with Crippen LogP contribution < -0.4 is 0 Å². The van der Waals surface area contributed by atoms with Crippen molar-refractivity contribution in [2.45, 2.75) is 109 Å². The molecule has 3 fully saturated rings. The highest BCUT2D eigenvalue weighted by atomic mass is 35.5. The Bertz CT molecular complexity index is 1400. The predicted molar refractivity (Wildman–Crippen MR) is 166 cm³/mol. The van der Waals surface area contributed by atoms with Crippen LogP contribution in [0.4, 0.5) is 0 Å². The van der Waals surface area contributed by atoms with Gasteiger partial charge in [-0.2, -0.15) is 0 Å². The van der Waals surface area contributed by atoms with E-state index in [9.17, 15) is 9.36 Å². The van der Waals surface area contributed by atoms with Crippen molar-refractivity contribution in [1.29, 1.82) is 0 Å². The van der Waals surface area contributed by atoms with Crippen molar-refractivity contribution in [2.75, 3.05) is 26.4 Å². The third kappa shape index (κ3) is 6.76. The van der Waals surface area contributed by atoms with Crippen LogP contribution in [0.5, 0.6) is 0 Å². The number of aromatic nitrogens is 3. The van der Waals surface area contributed by atoms with Crippen molar-refractivity contribution in [1.82, 2.24) is 14.6 Å². The molecule has 5 atom stereocenters. The third-order valence-electron chi connectivity index (χ3n) is 8.53. The van der Waals surface area contributed by atoms with Crippen molar-refractivity contribution in [2.24, 2.45) is 5.92 Å². The van der Waals surface area contributed by atoms with E-state index in [0.717, 1.165) is 23.3 Å². The van der Waals surface area contributed by atoms with Gasteiger partial charge in [-0.3, -0.25) is 4.57 Å². The van der Waals surface area contributed by atoms with Gasteiger partial charge in [-0.1, -0.05) is 31.8 Å². The molecule has 1 aliphatic carbocycles. The van der Waals surface area contributed by atoms with E-state index in [1.807, 2.05) is 26.0 Å². The summed E-state index contributed by atoms with van der Waals surface area (Å²) < 4.78 is 58.2. The summed E-state index contributed by atoms with van der Waals surface area (Å²) >= 11 is 6.45. The average molecular weight is 670 g/mol. The molecule has 5 rings (SSSR count). The molecular weight excluding hydrogens is 625 g/mol. The minimum absolute atomic E-state index is 0.0191. The van der Waals surface area contributed by atoms with Crippen LogP contribution >= 0.6 is 19.2 Å². The summed E-state index contributed by atoms with van der Waals surface area (Å²) in [7, 11) is -4.22. The van der Waals surface area contributed by atoms with Crippen LogP contribution in [-0.2, 0) is 48.5 Å². The van der Waals surface area contributed by atoms with Crippen LogP contribution in [0.1, 0.15) is 84.2 Å². The summed E-state index contributed by atoms with van der Waals surface area (Å²) in [5.41, 5.74) is 2.48. The summed E-state index contributed by atoms with van der Waals surface area (Å²) in [6.45, 7) is 12.3. The molecule has 0 radical (unpaired) electrons. The van der Waals surface area contributed by atoms with Crippen molar-refractivity contribution >= 4 is 30.7 Å². The number of halogens is 1. The van der Waals surface area contributed by atoms with Crippen molar-refractivity contribution < 1.29 is 42.1 Å². The Morgan fingerprint density at radius 1 is 1.16 bits per heavy atom. The zero-order valence-corrected chi connectivity index (χ0v) is 28.4. The normalized spacial score (nSPS) is 26.3. The van der Waals surface area contributed by atoms with E-state index in [4.69, 9.17) is 44.3 Å². The molecule has 2 aliphatic heterocycles. The van der Waals surface area contributed by atoms with Crippen LogP contribution in [0, 0.1) is 5.92 Å². The maximum atomic E-state index is 14.2. The summed E-state index contributed by atoms with van der Waals surface area (Å²) in [5, 5.41) is 2.58. The topological polar surface area (TPSA) is 129 Å². The number of ether oxygens (including phenoxy) is 5. The van der Waals surface area contributed by atoms with Crippen LogP contribution in [0.15, 0.2) is 24.8 Å². The maximum absolute atomic E-state index is 14.2. The third-order valence-corrected chi connectivity index (χ3v) is 11.3. The van der Waals surface area contributed by atoms with Crippen LogP contribution in [0.25, 0.3) is 5.52 Å². The van der Waals surface area contributed by atoms with E-state index < -0.39 is 49.1 Å². The quantitative estimate of drug-likeness (QED) is 0.122. The number of fused-ring (bicyclic) bond motifs is 2. The van der Waals surface area contributed by atoms with Crippen LogP contribution in [-0.4, -0.2) is 76.4 Å². The fourth-order valence-electron chi connectivity index (χ4n) is 6.70. The first-order valence-electron chi connectivity index (χ1n) is 15.9. The van der Waals surface area contributed by atoms with Gasteiger partial charge in [0.1, 0.15) is 24.4 Å². The Morgan fingerprint density at radius 3 is 2.49 bits per heavy atom. The first-order valence-corrected chi connectivity index (χ1v) is 17.8. The summed E-state index contributed by atoms with van der Waals surface area (Å²) in [4.78, 5) is 18.1. The fraction of sp³-hybridized carbons (Fsp3) is 0.710. The summed E-state index contributed by atoms with van der Waals surface area (Å²) in [5.74, 6) is -1.23. The van der Waals surface area contributed by atoms with Gasteiger partial charge in [0, 0.05) is 6.42 Å². The first-order chi connectivity index (χ1) is 21.5. The molecule has 4 heterocycles. The lowest BCUT2D eigenvalue weighted by atomic mass is 10.0. The smallest absolute Gasteiger partial charge is 0.374 e. The van der Waals surface area contributed by atoms with Gasteiger partial charge in [0.25, 0.3) is 5.34 Å². The van der Waals surface area contributed by atoms with Crippen molar-refractivity contribution in [3.63, 3.8) is 0 Å². The van der Waals surface area contributed by atoms with Crippen molar-refractivity contribution in [3.8, 4) is 0 Å². The molecule has 1 saturated carbocycles. The highest BCUT2D eigenvalue weighted by Crippen LogP contribution is 2.63. The monoisotopic (exact) mass is 669 g/mol. The zero-order chi connectivity index (χ0) is 32.4. The molecule has 45 heavy (non-hydrogen) atoms. The Kier molecular flexibility index (Phi) is 10.8. The van der Waals surface area contributed by atoms with Gasteiger partial charge in [0.05, 0.1) is 43.3 Å². The van der Waals surface area contributed by atoms with Gasteiger partial charge in [-0.05, 0) is 70.7 Å². The Hall–Kier alpha value is -1.89. The van der Waals surface area contributed by atoms with E-state index >= 15 is 0 Å². The van der Waals surface area contributed by atoms with E-state index in [0.29, 0.717) is 5.92 Å². The first kappa shape index (κ1) is 34.4. The molecule has 14 heteroatoms. The van der Waals surface area contributed by atoms with E-state index in [-0.39, 0.29) is 38.1 Å². The lowest BCUT2D eigenvalue weighted by Crippen LogP contribution is -2.46. The second-order valence-corrected chi connectivity index (χ2v) is 14.6. The standard InChI is InChI=1S/C31H45ClN3O9P/c1-7-17-31(28(36)38-8-2,45(37,40-9-3)41-10-4)39-19-24-26-27(44-30(5,6)43-26)25(42-24)23-16-15-22-21(18-20-13-11-12-14-20)33-29(32)34-35(22)23/h7,15-16,20,24-27H,1,8-14,17-19H2,2-6H3/t24-,25-,26-,27+,31?/m1/s1. The molecular formula is C31H45ClN3O9P. The number of hydrogen-bond acceptors (Lipinski definition) is 11. The highest BCUT2D eigenvalue weighted by molar-refractivity contribution is 7.56. The van der Waals surface area contributed by atoms with Gasteiger partial charge in [-0.25, -0.2) is 14.3 Å². The van der Waals surface area contributed by atoms with Gasteiger partial charge in [-0.15, -0.1) is 11.7 Å². The highest BCUT2D eigenvalue weighted by Gasteiger charge is 2.61. The van der Waals surface area contributed by atoms with E-state index in [1.165, 1.54) is 31.8 Å². The number of esters is 1. The lowest BCUT2D eigenvalue weighted by molar-refractivity contribution is -0.199. The molecule has 2 saturated heterocycles. The molecule has 2 aromatic heterocycles. The fourth-order valence-corrected chi connectivity index (χ4v) is 8.93. The second-order valence-electron chi connectivity index (χ2n) is 12.0. The second kappa shape index (κ2) is 14.1. The lowest BCUT2D eigenvalue weighted by Gasteiger charge is -2.36. The SMILES string of the molecule is C=CCC(OC[C@H]1O[C@H](c2ccc3c(CC4CCCC4)nc(Cl)nn23)[C@@H]2OC(C)(C)O[C@@H]21)(C(=O)OCC)P(=O)(OCC)OCC. The number of carbonyl (C=O) groups excluding carboxylic acids is 1. The number of nitrogens with zero attached hydrogens (tertiary/aromatic N) is 3. The molecule has 3 aliphatic rings. The van der Waals surface area contributed by atoms with E-state index in [2.05, 4.69) is 16.7 Å². The molecule has 1 unspecified atom stereocenters. The van der Waals surface area contributed by atoms with E-state index in [1.54, 1.807) is 25.3 Å². The molecule has 250 valence electrons. The number of hydrogen-bond donors (Lipinski definition) is 0. The average Bonchev–Trinajstić information content (AvgIpc) is 3.76. The molecule has 0 N–H and O–H groups in total. The Labute approximate surface area is 269 Å². The molecule has 0 aromatic carbocycles. The molecule has 2 aromatic rings. The molecule has 0 bridgehead atoms. The predicted octanol–water partition coefficient (Wildman–Crippen LogP) is 6.19. The van der Waals surface area contributed by atoms with Crippen LogP contribution in [0.3, 0.4) is 0 Å². The van der Waals surface area contributed by atoms with Crippen molar-refractivity contribution in [3.05, 3.63) is 41.5 Å². The maximum Gasteiger partial charge on any atom is 0.374 e. The van der Waals surface area contributed by atoms with Gasteiger partial charge in [0.15, 0.2) is 5.79 Å². The number of carbonyl (C=O) groups is 1. The minimum Gasteiger partial charge on any atom is -0.463 e. The number of rotatable bonds is 15. The minimum atomic E-state index is -4.22. The Balaban J connectivity index is 1.48. The molecule has 0 spiro atoms. The summed E-state index contributed by atoms with van der Waals surface area (Å²) in [6, 6.07) is 3.92. The summed E-state index contributed by atoms with van der Waals surface area (Å²) in [6.07, 6.45) is 4.40. The van der Waals surface area contributed by atoms with Gasteiger partial charge < -0.3 is 32.7 Å². The zero-order valence-electron chi connectivity index (χ0n) is 26.7. The van der Waals surface area contributed by atoms with Gasteiger partial charge >= 0.3 is 13.6 Å². The largest absolute Gasteiger partial charge is 0.463 e.